The number of rotatable bonds is 4. The highest BCUT2D eigenvalue weighted by atomic mass is 16.1. The summed E-state index contributed by atoms with van der Waals surface area (Å²) in [5.74, 6) is -0.0170. The number of piperazine rings is 1. The summed E-state index contributed by atoms with van der Waals surface area (Å²) in [7, 11) is 2.14. The van der Waals surface area contributed by atoms with Crippen LogP contribution in [0, 0.1) is 6.92 Å². The number of nitrogens with two attached hydrogens (primary N) is 1. The molecule has 0 aromatic heterocycles. The molecule has 1 amide bonds. The molecule has 5 heteroatoms. The molecule has 0 unspecified atom stereocenters. The Balaban J connectivity index is 1.77. The first-order valence-electron chi connectivity index (χ1n) is 7.11. The van der Waals surface area contributed by atoms with Crippen molar-refractivity contribution in [2.75, 3.05) is 52.0 Å². The summed E-state index contributed by atoms with van der Waals surface area (Å²) in [5, 5.41) is 2.98. The van der Waals surface area contributed by atoms with Gasteiger partial charge in [0.2, 0.25) is 0 Å². The number of hydrogen-bond acceptors (Lipinski definition) is 4. The van der Waals surface area contributed by atoms with Crippen LogP contribution in [0.4, 0.5) is 5.69 Å². The van der Waals surface area contributed by atoms with Gasteiger partial charge in [0, 0.05) is 50.5 Å². The van der Waals surface area contributed by atoms with Crippen molar-refractivity contribution in [2.45, 2.75) is 6.92 Å². The first kappa shape index (κ1) is 14.8. The number of nitrogens with zero attached hydrogens (tertiary/aromatic N) is 2. The average molecular weight is 276 g/mol. The van der Waals surface area contributed by atoms with E-state index in [0.29, 0.717) is 17.8 Å². The molecule has 0 bridgehead atoms. The van der Waals surface area contributed by atoms with Gasteiger partial charge in [-0.2, -0.15) is 0 Å². The van der Waals surface area contributed by atoms with Crippen LogP contribution < -0.4 is 11.1 Å². The number of carbonyl (C=O) groups is 1. The molecule has 0 aliphatic carbocycles. The Hall–Kier alpha value is -1.59. The number of likely N-dealkylation sites (N-methyl/N-ethyl adjacent to an activating group) is 1. The minimum absolute atomic E-state index is 0.0170. The van der Waals surface area contributed by atoms with E-state index in [1.165, 1.54) is 0 Å². The summed E-state index contributed by atoms with van der Waals surface area (Å²) < 4.78 is 0. The summed E-state index contributed by atoms with van der Waals surface area (Å²) in [6.07, 6.45) is 0. The molecule has 1 aliphatic heterocycles. The van der Waals surface area contributed by atoms with Gasteiger partial charge in [0.05, 0.1) is 0 Å². The summed E-state index contributed by atoms with van der Waals surface area (Å²) >= 11 is 0. The number of carbonyl (C=O) groups excluding carboxylic acids is 1. The van der Waals surface area contributed by atoms with Crippen LogP contribution in [0.15, 0.2) is 18.2 Å². The topological polar surface area (TPSA) is 61.6 Å². The van der Waals surface area contributed by atoms with Gasteiger partial charge in [0.1, 0.15) is 0 Å². The van der Waals surface area contributed by atoms with E-state index in [4.69, 9.17) is 5.73 Å². The SMILES string of the molecule is Cc1cc(N)ccc1C(=O)NCCN1CCN(C)CC1. The molecule has 1 aliphatic rings. The molecule has 110 valence electrons. The Morgan fingerprint density at radius 3 is 2.65 bits per heavy atom. The number of anilines is 1. The Bertz CT molecular complexity index is 467. The van der Waals surface area contributed by atoms with E-state index in [9.17, 15) is 4.79 Å². The Kier molecular flexibility index (Phi) is 4.98. The van der Waals surface area contributed by atoms with Gasteiger partial charge in [-0.1, -0.05) is 0 Å². The van der Waals surface area contributed by atoms with E-state index in [1.54, 1.807) is 12.1 Å². The van der Waals surface area contributed by atoms with Crippen molar-refractivity contribution < 1.29 is 4.79 Å². The number of hydrogen-bond donors (Lipinski definition) is 2. The van der Waals surface area contributed by atoms with Gasteiger partial charge in [-0.15, -0.1) is 0 Å². The predicted octanol–water partition coefficient (Wildman–Crippen LogP) is 0.554. The maximum absolute atomic E-state index is 12.1. The molecule has 1 aromatic carbocycles. The second-order valence-corrected chi connectivity index (χ2v) is 5.48. The lowest BCUT2D eigenvalue weighted by molar-refractivity contribution is 0.0940. The molecule has 1 heterocycles. The molecule has 3 N–H and O–H groups in total. The molecule has 0 radical (unpaired) electrons. The number of amides is 1. The molecular formula is C15H24N4O. The molecule has 1 fully saturated rings. The van der Waals surface area contributed by atoms with Gasteiger partial charge in [-0.25, -0.2) is 0 Å². The fourth-order valence-electron chi connectivity index (χ4n) is 2.44. The van der Waals surface area contributed by atoms with Gasteiger partial charge in [0.15, 0.2) is 0 Å². The van der Waals surface area contributed by atoms with E-state index in [1.807, 2.05) is 13.0 Å². The maximum atomic E-state index is 12.1. The molecule has 2 rings (SSSR count). The average Bonchev–Trinajstić information content (AvgIpc) is 2.41. The molecule has 0 saturated carbocycles. The van der Waals surface area contributed by atoms with E-state index in [-0.39, 0.29) is 5.91 Å². The first-order chi connectivity index (χ1) is 9.56. The molecule has 5 nitrogen and oxygen atoms in total. The van der Waals surface area contributed by atoms with Crippen molar-refractivity contribution in [1.29, 1.82) is 0 Å². The van der Waals surface area contributed by atoms with Crippen LogP contribution in [0.2, 0.25) is 0 Å². The molecule has 20 heavy (non-hydrogen) atoms. The Morgan fingerprint density at radius 2 is 2.00 bits per heavy atom. The fourth-order valence-corrected chi connectivity index (χ4v) is 2.44. The van der Waals surface area contributed by atoms with Gasteiger partial charge in [0.25, 0.3) is 5.91 Å². The van der Waals surface area contributed by atoms with Gasteiger partial charge < -0.3 is 16.0 Å². The zero-order valence-electron chi connectivity index (χ0n) is 12.4. The zero-order chi connectivity index (χ0) is 14.5. The van der Waals surface area contributed by atoms with Crippen molar-refractivity contribution in [3.8, 4) is 0 Å². The lowest BCUT2D eigenvalue weighted by Gasteiger charge is -2.32. The van der Waals surface area contributed by atoms with Crippen LogP contribution in [0.3, 0.4) is 0 Å². The van der Waals surface area contributed by atoms with Crippen LogP contribution in [0.1, 0.15) is 15.9 Å². The van der Waals surface area contributed by atoms with Crippen molar-refractivity contribution in [3.63, 3.8) is 0 Å². The Morgan fingerprint density at radius 1 is 1.30 bits per heavy atom. The van der Waals surface area contributed by atoms with Gasteiger partial charge in [-0.3, -0.25) is 9.69 Å². The van der Waals surface area contributed by atoms with Gasteiger partial charge >= 0.3 is 0 Å². The quantitative estimate of drug-likeness (QED) is 0.789. The summed E-state index contributed by atoms with van der Waals surface area (Å²) in [4.78, 5) is 16.8. The van der Waals surface area contributed by atoms with Crippen LogP contribution >= 0.6 is 0 Å². The fraction of sp³-hybridized carbons (Fsp3) is 0.533. The summed E-state index contributed by atoms with van der Waals surface area (Å²) in [6, 6.07) is 5.38. The van der Waals surface area contributed by atoms with Crippen LogP contribution in [-0.2, 0) is 0 Å². The van der Waals surface area contributed by atoms with E-state index in [2.05, 4.69) is 22.2 Å². The van der Waals surface area contributed by atoms with Crippen LogP contribution in [0.25, 0.3) is 0 Å². The van der Waals surface area contributed by atoms with Crippen LogP contribution in [0.5, 0.6) is 0 Å². The highest BCUT2D eigenvalue weighted by molar-refractivity contribution is 5.95. The first-order valence-corrected chi connectivity index (χ1v) is 7.11. The monoisotopic (exact) mass is 276 g/mol. The zero-order valence-corrected chi connectivity index (χ0v) is 12.4. The number of nitrogens with one attached hydrogen (secondary N) is 1. The molecular weight excluding hydrogens is 252 g/mol. The van der Waals surface area contributed by atoms with E-state index >= 15 is 0 Å². The highest BCUT2D eigenvalue weighted by Gasteiger charge is 2.14. The third-order valence-electron chi connectivity index (χ3n) is 3.80. The smallest absolute Gasteiger partial charge is 0.251 e. The second kappa shape index (κ2) is 6.72. The van der Waals surface area contributed by atoms with Crippen LogP contribution in [-0.4, -0.2) is 62.0 Å². The maximum Gasteiger partial charge on any atom is 0.251 e. The summed E-state index contributed by atoms with van der Waals surface area (Å²) in [5.41, 5.74) is 8.01. The lowest BCUT2D eigenvalue weighted by atomic mass is 10.1. The normalized spacial score (nSPS) is 17.1. The molecule has 0 spiro atoms. The number of aryl methyl sites for hydroxylation is 1. The predicted molar refractivity (Wildman–Crippen MR) is 81.9 cm³/mol. The lowest BCUT2D eigenvalue weighted by Crippen LogP contribution is -2.46. The third kappa shape index (κ3) is 3.95. The van der Waals surface area contributed by atoms with E-state index in [0.717, 1.165) is 38.3 Å². The second-order valence-electron chi connectivity index (χ2n) is 5.48. The minimum Gasteiger partial charge on any atom is -0.399 e. The molecule has 1 aromatic rings. The third-order valence-corrected chi connectivity index (χ3v) is 3.80. The number of nitrogen functional groups attached to an aromatic ring is 1. The number of benzene rings is 1. The summed E-state index contributed by atoms with van der Waals surface area (Å²) in [6.45, 7) is 7.86. The van der Waals surface area contributed by atoms with Gasteiger partial charge in [-0.05, 0) is 37.7 Å². The Labute approximate surface area is 120 Å². The largest absolute Gasteiger partial charge is 0.399 e. The highest BCUT2D eigenvalue weighted by Crippen LogP contribution is 2.12. The standard InChI is InChI=1S/C15H24N4O/c1-12-11-13(16)3-4-14(12)15(20)17-5-6-19-9-7-18(2)8-10-19/h3-4,11H,5-10,16H2,1-2H3,(H,17,20). The minimum atomic E-state index is -0.0170. The molecule has 1 saturated heterocycles. The van der Waals surface area contributed by atoms with Crippen molar-refractivity contribution in [1.82, 2.24) is 15.1 Å². The van der Waals surface area contributed by atoms with Crippen molar-refractivity contribution >= 4 is 11.6 Å². The van der Waals surface area contributed by atoms with Crippen molar-refractivity contribution in [2.24, 2.45) is 0 Å². The van der Waals surface area contributed by atoms with Crippen molar-refractivity contribution in [3.05, 3.63) is 29.3 Å². The van der Waals surface area contributed by atoms with E-state index < -0.39 is 0 Å². The molecule has 0 atom stereocenters.